The van der Waals surface area contributed by atoms with Crippen LogP contribution >= 0.6 is 0 Å². The number of hydrazine groups is 1. The van der Waals surface area contributed by atoms with Gasteiger partial charge in [0.1, 0.15) is 6.61 Å². The Kier molecular flexibility index (Phi) is 1.98. The number of cyclic esters (lactones) is 1. The number of ether oxygens (including phenoxy) is 1. The number of carbonyl (C=O) groups excluding carboxylic acids is 1. The van der Waals surface area contributed by atoms with Gasteiger partial charge in [-0.2, -0.15) is 5.01 Å². The van der Waals surface area contributed by atoms with Crippen molar-refractivity contribution in [1.29, 1.82) is 0 Å². The van der Waals surface area contributed by atoms with E-state index in [0.717, 1.165) is 10.6 Å². The average molecular weight is 234 g/mol. The lowest BCUT2D eigenvalue weighted by Crippen LogP contribution is -2.54. The maximum atomic E-state index is 11.5. The summed E-state index contributed by atoms with van der Waals surface area (Å²) in [7, 11) is 0. The number of hydrogen-bond donors (Lipinski definition) is 1. The molecule has 0 saturated carbocycles. The van der Waals surface area contributed by atoms with Gasteiger partial charge in [0.15, 0.2) is 0 Å². The number of amides is 2. The summed E-state index contributed by atoms with van der Waals surface area (Å²) < 4.78 is 4.89. The molecule has 6 nitrogen and oxygen atoms in total. The van der Waals surface area contributed by atoms with Gasteiger partial charge in [-0.05, 0) is 11.6 Å². The van der Waals surface area contributed by atoms with E-state index in [0.29, 0.717) is 12.1 Å². The Morgan fingerprint density at radius 2 is 2.18 bits per heavy atom. The van der Waals surface area contributed by atoms with E-state index in [-0.39, 0.29) is 12.6 Å². The molecule has 88 valence electrons. The number of benzene rings is 1. The summed E-state index contributed by atoms with van der Waals surface area (Å²) >= 11 is 0. The van der Waals surface area contributed by atoms with Crippen LogP contribution in [0.3, 0.4) is 0 Å². The molecule has 0 spiro atoms. The summed E-state index contributed by atoms with van der Waals surface area (Å²) in [6.45, 7) is 0.233. The molecule has 1 aromatic rings. The normalized spacial score (nSPS) is 21.9. The molecule has 1 unspecified atom stereocenters. The van der Waals surface area contributed by atoms with Crippen LogP contribution in [0.5, 0.6) is 0 Å². The zero-order valence-corrected chi connectivity index (χ0v) is 8.87. The Morgan fingerprint density at radius 1 is 1.41 bits per heavy atom. The number of rotatable bonds is 0. The van der Waals surface area contributed by atoms with Gasteiger partial charge in [0.05, 0.1) is 11.7 Å². The number of nitrogens with zero attached hydrogens (tertiary/aromatic N) is 2. The molecule has 1 fully saturated rings. The molecule has 1 saturated heterocycles. The third-order valence-corrected chi connectivity index (χ3v) is 3.00. The van der Waals surface area contributed by atoms with E-state index < -0.39 is 12.2 Å². The minimum Gasteiger partial charge on any atom is -0.463 e. The van der Waals surface area contributed by atoms with Crippen LogP contribution in [0.4, 0.5) is 15.3 Å². The van der Waals surface area contributed by atoms with Gasteiger partial charge in [0.25, 0.3) is 0 Å². The zero-order valence-electron chi connectivity index (χ0n) is 8.87. The highest BCUT2D eigenvalue weighted by molar-refractivity contribution is 5.91. The van der Waals surface area contributed by atoms with E-state index in [9.17, 15) is 14.7 Å². The van der Waals surface area contributed by atoms with Crippen molar-refractivity contribution in [1.82, 2.24) is 5.01 Å². The molecule has 1 N–H and O–H groups in total. The summed E-state index contributed by atoms with van der Waals surface area (Å²) in [5.41, 5.74) is 1.43. The maximum absolute atomic E-state index is 11.5. The van der Waals surface area contributed by atoms with Gasteiger partial charge in [0, 0.05) is 6.42 Å². The molecular weight excluding hydrogens is 224 g/mol. The van der Waals surface area contributed by atoms with Crippen molar-refractivity contribution in [3.05, 3.63) is 29.8 Å². The van der Waals surface area contributed by atoms with Crippen molar-refractivity contribution < 1.29 is 19.4 Å². The molecule has 2 aliphatic heterocycles. The molecule has 2 heterocycles. The second kappa shape index (κ2) is 3.38. The van der Waals surface area contributed by atoms with Crippen LogP contribution in [0, 0.1) is 0 Å². The Balaban J connectivity index is 2.13. The average Bonchev–Trinajstić information content (AvgIpc) is 2.67. The van der Waals surface area contributed by atoms with Crippen molar-refractivity contribution in [2.75, 3.05) is 11.6 Å². The van der Waals surface area contributed by atoms with Crippen molar-refractivity contribution in [3.8, 4) is 0 Å². The topological polar surface area (TPSA) is 70.1 Å². The molecule has 1 aromatic carbocycles. The minimum absolute atomic E-state index is 0.228. The van der Waals surface area contributed by atoms with E-state index in [1.54, 1.807) is 12.1 Å². The Hall–Kier alpha value is -2.24. The second-order valence-electron chi connectivity index (χ2n) is 4.00. The fourth-order valence-electron chi connectivity index (χ4n) is 2.30. The van der Waals surface area contributed by atoms with Gasteiger partial charge in [-0.1, -0.05) is 18.2 Å². The first-order valence-electron chi connectivity index (χ1n) is 5.25. The van der Waals surface area contributed by atoms with E-state index in [2.05, 4.69) is 0 Å². The predicted molar refractivity (Wildman–Crippen MR) is 57.6 cm³/mol. The quantitative estimate of drug-likeness (QED) is 0.737. The number of hydrogen-bond acceptors (Lipinski definition) is 3. The van der Waals surface area contributed by atoms with Gasteiger partial charge >= 0.3 is 12.2 Å². The first-order valence-corrected chi connectivity index (χ1v) is 5.25. The molecule has 6 heteroatoms. The Labute approximate surface area is 97.0 Å². The maximum Gasteiger partial charge on any atom is 0.431 e. The number of carboxylic acid groups (broad SMARTS) is 1. The Bertz CT molecular complexity index is 502. The molecule has 0 radical (unpaired) electrons. The van der Waals surface area contributed by atoms with Crippen LogP contribution in [-0.4, -0.2) is 35.0 Å². The monoisotopic (exact) mass is 234 g/mol. The van der Waals surface area contributed by atoms with Crippen molar-refractivity contribution >= 4 is 17.9 Å². The van der Waals surface area contributed by atoms with Gasteiger partial charge in [-0.15, -0.1) is 0 Å². The van der Waals surface area contributed by atoms with Crippen LogP contribution in [0.25, 0.3) is 0 Å². The lowest BCUT2D eigenvalue weighted by molar-refractivity contribution is 0.143. The van der Waals surface area contributed by atoms with Gasteiger partial charge in [-0.3, -0.25) is 0 Å². The first kappa shape index (κ1) is 9.95. The highest BCUT2D eigenvalue weighted by Gasteiger charge is 2.44. The lowest BCUT2D eigenvalue weighted by atomic mass is 10.0. The third-order valence-electron chi connectivity index (χ3n) is 3.00. The standard InChI is InChI=1S/C11H10N2O4/c14-10(15)13-9-4-2-1-3-7(9)5-8-6-17-11(16)12(8)13/h1-4,8H,5-6H2,(H,14,15). The van der Waals surface area contributed by atoms with E-state index in [4.69, 9.17) is 4.74 Å². The first-order chi connectivity index (χ1) is 8.18. The highest BCUT2D eigenvalue weighted by atomic mass is 16.6. The van der Waals surface area contributed by atoms with E-state index in [1.165, 1.54) is 5.01 Å². The Morgan fingerprint density at radius 3 is 2.94 bits per heavy atom. The smallest absolute Gasteiger partial charge is 0.431 e. The molecule has 2 amide bonds. The molecule has 2 aliphatic rings. The molecule has 3 rings (SSSR count). The van der Waals surface area contributed by atoms with Gasteiger partial charge < -0.3 is 9.84 Å². The molecule has 0 aromatic heterocycles. The summed E-state index contributed by atoms with van der Waals surface area (Å²) in [5, 5.41) is 11.4. The third kappa shape index (κ3) is 1.33. The van der Waals surface area contributed by atoms with Crippen molar-refractivity contribution in [2.24, 2.45) is 0 Å². The SMILES string of the molecule is O=C(O)N1c2ccccc2CC2COC(=O)N21. The van der Waals surface area contributed by atoms with Crippen LogP contribution in [-0.2, 0) is 11.2 Å². The summed E-state index contributed by atoms with van der Waals surface area (Å²) in [5.74, 6) is 0. The summed E-state index contributed by atoms with van der Waals surface area (Å²) in [6.07, 6.45) is -1.17. The predicted octanol–water partition coefficient (Wildman–Crippen LogP) is 1.46. The number of para-hydroxylation sites is 1. The zero-order chi connectivity index (χ0) is 12.0. The van der Waals surface area contributed by atoms with Crippen LogP contribution in [0.1, 0.15) is 5.56 Å². The fourth-order valence-corrected chi connectivity index (χ4v) is 2.30. The molecule has 17 heavy (non-hydrogen) atoms. The van der Waals surface area contributed by atoms with Gasteiger partial charge in [0.2, 0.25) is 0 Å². The second-order valence-corrected chi connectivity index (χ2v) is 4.00. The lowest BCUT2D eigenvalue weighted by Gasteiger charge is -2.36. The molecule has 0 aliphatic carbocycles. The molecule has 0 bridgehead atoms. The fraction of sp³-hybridized carbons (Fsp3) is 0.273. The van der Waals surface area contributed by atoms with Crippen molar-refractivity contribution in [2.45, 2.75) is 12.5 Å². The largest absolute Gasteiger partial charge is 0.463 e. The highest BCUT2D eigenvalue weighted by Crippen LogP contribution is 2.33. The van der Waals surface area contributed by atoms with Gasteiger partial charge in [-0.25, -0.2) is 14.6 Å². The van der Waals surface area contributed by atoms with Crippen molar-refractivity contribution in [3.63, 3.8) is 0 Å². The minimum atomic E-state index is -1.18. The number of carbonyl (C=O) groups is 2. The van der Waals surface area contributed by atoms with Crippen LogP contribution in [0.15, 0.2) is 24.3 Å². The summed E-state index contributed by atoms with van der Waals surface area (Å²) in [4.78, 5) is 22.8. The molecular formula is C11H10N2O4. The van der Waals surface area contributed by atoms with Crippen LogP contribution < -0.4 is 5.01 Å². The summed E-state index contributed by atoms with van der Waals surface area (Å²) in [6, 6.07) is 6.92. The number of fused-ring (bicyclic) bond motifs is 2. The van der Waals surface area contributed by atoms with Crippen LogP contribution in [0.2, 0.25) is 0 Å². The number of anilines is 1. The van der Waals surface area contributed by atoms with E-state index in [1.807, 2.05) is 12.1 Å². The van der Waals surface area contributed by atoms with E-state index >= 15 is 0 Å². The molecule has 1 atom stereocenters.